The molecule has 0 unspecified atom stereocenters. The van der Waals surface area contributed by atoms with Gasteiger partial charge < -0.3 is 14.8 Å². The van der Waals surface area contributed by atoms with Gasteiger partial charge in [-0.2, -0.15) is 0 Å². The molecule has 33 heavy (non-hydrogen) atoms. The van der Waals surface area contributed by atoms with Crippen molar-refractivity contribution in [2.24, 2.45) is 0 Å². The van der Waals surface area contributed by atoms with Crippen LogP contribution in [-0.4, -0.2) is 41.1 Å². The molecule has 2 N–H and O–H groups in total. The first-order chi connectivity index (χ1) is 16.0. The molecule has 174 valence electrons. The summed E-state index contributed by atoms with van der Waals surface area (Å²) in [5, 5.41) is 2.80. The van der Waals surface area contributed by atoms with Crippen LogP contribution >= 0.6 is 0 Å². The van der Waals surface area contributed by atoms with Crippen LogP contribution in [0.25, 0.3) is 0 Å². The fraction of sp³-hybridized carbons (Fsp3) is 0.240. The minimum atomic E-state index is -3.61. The number of benzene rings is 3. The standard InChI is InChI=1S/C25H28N2O5S/c1-31-22-9-7-21(8-10-22)15-17-26-25(28)19-32-23-11-13-24(14-12-23)33(29,30)27-18-16-20-5-3-2-4-6-20/h2-14,27H,15-19H2,1H3,(H,26,28). The van der Waals surface area contributed by atoms with Crippen molar-refractivity contribution < 1.29 is 22.7 Å². The third kappa shape index (κ3) is 7.93. The van der Waals surface area contributed by atoms with Crippen molar-refractivity contribution >= 4 is 15.9 Å². The van der Waals surface area contributed by atoms with Crippen LogP contribution < -0.4 is 19.5 Å². The molecule has 0 saturated heterocycles. The van der Waals surface area contributed by atoms with E-state index in [9.17, 15) is 13.2 Å². The van der Waals surface area contributed by atoms with E-state index in [1.165, 1.54) is 24.3 Å². The molecular formula is C25H28N2O5S. The van der Waals surface area contributed by atoms with Gasteiger partial charge in [-0.1, -0.05) is 42.5 Å². The number of carbonyl (C=O) groups excluding carboxylic acids is 1. The van der Waals surface area contributed by atoms with E-state index >= 15 is 0 Å². The molecule has 1 amide bonds. The second kappa shape index (κ2) is 12.0. The van der Waals surface area contributed by atoms with Gasteiger partial charge in [0.05, 0.1) is 12.0 Å². The van der Waals surface area contributed by atoms with Crippen LogP contribution in [0.3, 0.4) is 0 Å². The highest BCUT2D eigenvalue weighted by Gasteiger charge is 2.13. The molecule has 0 aliphatic heterocycles. The summed E-state index contributed by atoms with van der Waals surface area (Å²) in [5.41, 5.74) is 2.15. The lowest BCUT2D eigenvalue weighted by molar-refractivity contribution is -0.123. The smallest absolute Gasteiger partial charge is 0.257 e. The van der Waals surface area contributed by atoms with E-state index in [0.717, 1.165) is 16.9 Å². The van der Waals surface area contributed by atoms with Crippen molar-refractivity contribution in [3.63, 3.8) is 0 Å². The summed E-state index contributed by atoms with van der Waals surface area (Å²) in [6.07, 6.45) is 1.30. The largest absolute Gasteiger partial charge is 0.497 e. The maximum atomic E-state index is 12.4. The molecule has 8 heteroatoms. The Morgan fingerprint density at radius 1 is 0.788 bits per heavy atom. The van der Waals surface area contributed by atoms with Crippen LogP contribution in [-0.2, 0) is 27.7 Å². The van der Waals surface area contributed by atoms with Gasteiger partial charge in [-0.25, -0.2) is 13.1 Å². The Labute approximate surface area is 194 Å². The molecule has 7 nitrogen and oxygen atoms in total. The number of carbonyl (C=O) groups is 1. The average molecular weight is 469 g/mol. The number of ether oxygens (including phenoxy) is 2. The zero-order valence-corrected chi connectivity index (χ0v) is 19.3. The highest BCUT2D eigenvalue weighted by atomic mass is 32.2. The molecule has 0 aliphatic carbocycles. The van der Waals surface area contributed by atoms with E-state index in [4.69, 9.17) is 9.47 Å². The Morgan fingerprint density at radius 3 is 2.06 bits per heavy atom. The first kappa shape index (κ1) is 24.3. The Bertz CT molecular complexity index is 1120. The summed E-state index contributed by atoms with van der Waals surface area (Å²) < 4.78 is 38.1. The average Bonchev–Trinajstić information content (AvgIpc) is 2.84. The van der Waals surface area contributed by atoms with Gasteiger partial charge in [0.15, 0.2) is 6.61 Å². The number of hydrogen-bond donors (Lipinski definition) is 2. The minimum absolute atomic E-state index is 0.145. The zero-order chi connectivity index (χ0) is 23.5. The predicted octanol–water partition coefficient (Wildman–Crippen LogP) is 2.95. The highest BCUT2D eigenvalue weighted by molar-refractivity contribution is 7.89. The van der Waals surface area contributed by atoms with E-state index in [-0.39, 0.29) is 17.4 Å². The second-order valence-corrected chi connectivity index (χ2v) is 9.11. The fourth-order valence-corrected chi connectivity index (χ4v) is 4.14. The van der Waals surface area contributed by atoms with E-state index in [1.807, 2.05) is 54.6 Å². The van der Waals surface area contributed by atoms with Crippen molar-refractivity contribution in [1.29, 1.82) is 0 Å². The minimum Gasteiger partial charge on any atom is -0.497 e. The monoisotopic (exact) mass is 468 g/mol. The van der Waals surface area contributed by atoms with E-state index in [1.54, 1.807) is 7.11 Å². The molecule has 3 rings (SSSR count). The van der Waals surface area contributed by atoms with Crippen LogP contribution in [0.4, 0.5) is 0 Å². The number of sulfonamides is 1. The number of nitrogens with one attached hydrogen (secondary N) is 2. The van der Waals surface area contributed by atoms with Crippen LogP contribution in [0.15, 0.2) is 83.8 Å². The Kier molecular flexibility index (Phi) is 8.86. The van der Waals surface area contributed by atoms with Gasteiger partial charge in [-0.15, -0.1) is 0 Å². The van der Waals surface area contributed by atoms with Crippen molar-refractivity contribution in [1.82, 2.24) is 10.0 Å². The van der Waals surface area contributed by atoms with Gasteiger partial charge in [-0.05, 0) is 60.4 Å². The first-order valence-electron chi connectivity index (χ1n) is 10.6. The van der Waals surface area contributed by atoms with Crippen LogP contribution in [0.2, 0.25) is 0 Å². The quantitative estimate of drug-likeness (QED) is 0.426. The van der Waals surface area contributed by atoms with Crippen molar-refractivity contribution in [2.75, 3.05) is 26.8 Å². The second-order valence-electron chi connectivity index (χ2n) is 7.34. The lowest BCUT2D eigenvalue weighted by Crippen LogP contribution is -2.30. The van der Waals surface area contributed by atoms with Crippen LogP contribution in [0.1, 0.15) is 11.1 Å². The molecular weight excluding hydrogens is 440 g/mol. The summed E-state index contributed by atoms with van der Waals surface area (Å²) in [4.78, 5) is 12.2. The molecule has 0 bridgehead atoms. The molecule has 0 fully saturated rings. The molecule has 0 atom stereocenters. The van der Waals surface area contributed by atoms with Gasteiger partial charge in [0.2, 0.25) is 10.0 Å². The normalized spacial score (nSPS) is 11.1. The van der Waals surface area contributed by atoms with E-state index in [2.05, 4.69) is 10.0 Å². The molecule has 0 spiro atoms. The Balaban J connectivity index is 1.39. The van der Waals surface area contributed by atoms with E-state index in [0.29, 0.717) is 31.7 Å². The first-order valence-corrected chi connectivity index (χ1v) is 12.1. The van der Waals surface area contributed by atoms with Crippen molar-refractivity contribution in [2.45, 2.75) is 17.7 Å². The third-order valence-electron chi connectivity index (χ3n) is 4.95. The summed E-state index contributed by atoms with van der Waals surface area (Å²) in [6, 6.07) is 23.3. The van der Waals surface area contributed by atoms with Gasteiger partial charge >= 0.3 is 0 Å². The van der Waals surface area contributed by atoms with Gasteiger partial charge in [0.1, 0.15) is 11.5 Å². The maximum absolute atomic E-state index is 12.4. The summed E-state index contributed by atoms with van der Waals surface area (Å²) >= 11 is 0. The van der Waals surface area contributed by atoms with Crippen LogP contribution in [0.5, 0.6) is 11.5 Å². The number of amides is 1. The SMILES string of the molecule is COc1ccc(CCNC(=O)COc2ccc(S(=O)(=O)NCCc3ccccc3)cc2)cc1. The molecule has 3 aromatic carbocycles. The molecule has 3 aromatic rings. The summed E-state index contributed by atoms with van der Waals surface area (Å²) in [6.45, 7) is 0.645. The molecule has 0 aliphatic rings. The molecule has 0 heterocycles. The number of rotatable bonds is 12. The predicted molar refractivity (Wildman–Crippen MR) is 127 cm³/mol. The van der Waals surface area contributed by atoms with Crippen LogP contribution in [0, 0.1) is 0 Å². The molecule has 0 aromatic heterocycles. The van der Waals surface area contributed by atoms with Crippen molar-refractivity contribution in [3.8, 4) is 11.5 Å². The number of hydrogen-bond acceptors (Lipinski definition) is 5. The van der Waals surface area contributed by atoms with E-state index < -0.39 is 10.0 Å². The van der Waals surface area contributed by atoms with Gasteiger partial charge in [0.25, 0.3) is 5.91 Å². The fourth-order valence-electron chi connectivity index (χ4n) is 3.11. The van der Waals surface area contributed by atoms with Gasteiger partial charge in [0, 0.05) is 13.1 Å². The maximum Gasteiger partial charge on any atom is 0.257 e. The zero-order valence-electron chi connectivity index (χ0n) is 18.5. The van der Waals surface area contributed by atoms with Crippen molar-refractivity contribution in [3.05, 3.63) is 90.0 Å². The summed E-state index contributed by atoms with van der Waals surface area (Å²) in [7, 11) is -2.00. The number of methoxy groups -OCH3 is 1. The molecule has 0 saturated carbocycles. The topological polar surface area (TPSA) is 93.7 Å². The summed E-state index contributed by atoms with van der Waals surface area (Å²) in [5.74, 6) is 0.962. The van der Waals surface area contributed by atoms with Gasteiger partial charge in [-0.3, -0.25) is 4.79 Å². The Morgan fingerprint density at radius 2 is 1.39 bits per heavy atom. The molecule has 0 radical (unpaired) electrons. The third-order valence-corrected chi connectivity index (χ3v) is 6.42. The lowest BCUT2D eigenvalue weighted by Gasteiger charge is -2.10. The Hall–Kier alpha value is -3.36. The highest BCUT2D eigenvalue weighted by Crippen LogP contribution is 2.16. The lowest BCUT2D eigenvalue weighted by atomic mass is 10.1.